The first-order chi connectivity index (χ1) is 19.2. The van der Waals surface area contributed by atoms with E-state index in [4.69, 9.17) is 4.74 Å². The van der Waals surface area contributed by atoms with Crippen LogP contribution in [0, 0.1) is 5.82 Å². The molecule has 4 rings (SSSR count). The van der Waals surface area contributed by atoms with E-state index >= 15 is 0 Å². The van der Waals surface area contributed by atoms with Crippen LogP contribution in [0.4, 0.5) is 9.18 Å². The Hall–Kier alpha value is -3.42. The minimum absolute atomic E-state index is 0.116. The molecule has 2 atom stereocenters. The summed E-state index contributed by atoms with van der Waals surface area (Å²) in [6.07, 6.45) is 3.09. The van der Waals surface area contributed by atoms with Crippen molar-refractivity contribution in [3.05, 3.63) is 101 Å². The second-order valence-corrected chi connectivity index (χ2v) is 11.2. The monoisotopic (exact) mass is 548 g/mol. The van der Waals surface area contributed by atoms with Gasteiger partial charge in [0, 0.05) is 18.2 Å². The average molecular weight is 549 g/mol. The van der Waals surface area contributed by atoms with Crippen LogP contribution >= 0.6 is 0 Å². The van der Waals surface area contributed by atoms with Gasteiger partial charge in [-0.2, -0.15) is 0 Å². The topological polar surface area (TPSA) is 90.8 Å². The van der Waals surface area contributed by atoms with Gasteiger partial charge in [-0.15, -0.1) is 0 Å². The van der Waals surface area contributed by atoms with Crippen LogP contribution in [0.3, 0.4) is 0 Å². The molecule has 1 saturated carbocycles. The summed E-state index contributed by atoms with van der Waals surface area (Å²) in [4.78, 5) is 11.6. The zero-order valence-corrected chi connectivity index (χ0v) is 23.4. The number of aliphatic hydroxyl groups is 1. The lowest BCUT2D eigenvalue weighted by atomic mass is 9.75. The Morgan fingerprint density at radius 3 is 2.42 bits per heavy atom. The Morgan fingerprint density at radius 1 is 0.975 bits per heavy atom. The van der Waals surface area contributed by atoms with Crippen molar-refractivity contribution in [1.82, 2.24) is 10.6 Å². The Balaban J connectivity index is 1.48. The summed E-state index contributed by atoms with van der Waals surface area (Å²) in [5.41, 5.74) is 3.69. The first kappa shape index (κ1) is 29.6. The predicted octanol–water partition coefficient (Wildman–Crippen LogP) is 6.52. The maximum absolute atomic E-state index is 14.5. The number of nitrogens with one attached hydrogen (secondary N) is 2. The summed E-state index contributed by atoms with van der Waals surface area (Å²) in [5, 5.41) is 26.8. The van der Waals surface area contributed by atoms with Gasteiger partial charge in [0.25, 0.3) is 0 Å². The number of hydrogen-bond acceptors (Lipinski definition) is 4. The van der Waals surface area contributed by atoms with Crippen LogP contribution in [-0.2, 0) is 18.6 Å². The zero-order chi connectivity index (χ0) is 28.5. The first-order valence-electron chi connectivity index (χ1n) is 14.2. The number of carboxylic acid groups (broad SMARTS) is 1. The van der Waals surface area contributed by atoms with Gasteiger partial charge in [0.1, 0.15) is 18.2 Å². The number of aliphatic hydroxyl groups excluding tert-OH is 1. The molecule has 0 aromatic heterocycles. The first-order valence-corrected chi connectivity index (χ1v) is 14.2. The highest BCUT2D eigenvalue weighted by Gasteiger charge is 2.35. The number of amides is 1. The van der Waals surface area contributed by atoms with E-state index in [2.05, 4.69) is 48.7 Å². The van der Waals surface area contributed by atoms with E-state index < -0.39 is 24.1 Å². The summed E-state index contributed by atoms with van der Waals surface area (Å²) >= 11 is 0. The zero-order valence-electron chi connectivity index (χ0n) is 23.4. The molecule has 7 heteroatoms. The smallest absolute Gasteiger partial charge is 0.404 e. The molecular formula is C33H41FN2O4. The molecule has 0 radical (unpaired) electrons. The SMILES string of the molecule is CC(C)c1cccc(C2(NC[C@@H](O)[C@H](Cc3cc(F)cc(OCc4ccccc4)c3)NC(=O)O)CCCCC2)c1. The Morgan fingerprint density at radius 2 is 1.73 bits per heavy atom. The van der Waals surface area contributed by atoms with Crippen LogP contribution in [0.5, 0.6) is 5.75 Å². The number of hydrogen-bond donors (Lipinski definition) is 4. The number of halogens is 1. The molecule has 6 nitrogen and oxygen atoms in total. The molecule has 0 aliphatic heterocycles. The van der Waals surface area contributed by atoms with Gasteiger partial charge in [-0.25, -0.2) is 9.18 Å². The highest BCUT2D eigenvalue weighted by molar-refractivity contribution is 5.65. The molecule has 0 heterocycles. The third kappa shape index (κ3) is 8.05. The summed E-state index contributed by atoms with van der Waals surface area (Å²) < 4.78 is 20.3. The highest BCUT2D eigenvalue weighted by atomic mass is 19.1. The van der Waals surface area contributed by atoms with Crippen LogP contribution in [-0.4, -0.2) is 35.0 Å². The fraction of sp³-hybridized carbons (Fsp3) is 0.424. The molecule has 214 valence electrons. The van der Waals surface area contributed by atoms with E-state index in [-0.39, 0.29) is 25.1 Å². The molecule has 40 heavy (non-hydrogen) atoms. The van der Waals surface area contributed by atoms with Gasteiger partial charge in [-0.3, -0.25) is 0 Å². The lowest BCUT2D eigenvalue weighted by Crippen LogP contribution is -2.53. The van der Waals surface area contributed by atoms with Gasteiger partial charge in [0.05, 0.1) is 12.1 Å². The van der Waals surface area contributed by atoms with Crippen LogP contribution in [0.25, 0.3) is 0 Å². The normalized spacial score (nSPS) is 16.3. The van der Waals surface area contributed by atoms with Crippen LogP contribution in [0.15, 0.2) is 72.8 Å². The number of ether oxygens (including phenoxy) is 1. The van der Waals surface area contributed by atoms with Crippen molar-refractivity contribution < 1.29 is 24.1 Å². The Bertz CT molecular complexity index is 1240. The van der Waals surface area contributed by atoms with E-state index in [1.54, 1.807) is 6.07 Å². The summed E-state index contributed by atoms with van der Waals surface area (Å²) in [6.45, 7) is 4.84. The fourth-order valence-electron chi connectivity index (χ4n) is 5.62. The van der Waals surface area contributed by atoms with E-state index in [9.17, 15) is 19.4 Å². The van der Waals surface area contributed by atoms with Crippen molar-refractivity contribution in [1.29, 1.82) is 0 Å². The number of benzene rings is 3. The van der Waals surface area contributed by atoms with Gasteiger partial charge >= 0.3 is 6.09 Å². The summed E-state index contributed by atoms with van der Waals surface area (Å²) in [5.74, 6) is 0.281. The summed E-state index contributed by atoms with van der Waals surface area (Å²) in [6, 6.07) is 21.7. The van der Waals surface area contributed by atoms with Gasteiger partial charge in [0.15, 0.2) is 0 Å². The van der Waals surface area contributed by atoms with E-state index in [0.29, 0.717) is 17.2 Å². The van der Waals surface area contributed by atoms with Crippen molar-refractivity contribution in [3.8, 4) is 5.75 Å². The molecule has 3 aromatic carbocycles. The van der Waals surface area contributed by atoms with E-state index in [1.165, 1.54) is 29.7 Å². The molecule has 4 N–H and O–H groups in total. The minimum Gasteiger partial charge on any atom is -0.489 e. The number of carbonyl (C=O) groups is 1. The van der Waals surface area contributed by atoms with Crippen molar-refractivity contribution in [2.24, 2.45) is 0 Å². The third-order valence-corrected chi connectivity index (χ3v) is 7.87. The Kier molecular flexibility index (Phi) is 10.2. The maximum Gasteiger partial charge on any atom is 0.404 e. The van der Waals surface area contributed by atoms with Crippen molar-refractivity contribution in [2.75, 3.05) is 6.54 Å². The molecule has 1 aliphatic carbocycles. The maximum atomic E-state index is 14.5. The lowest BCUT2D eigenvalue weighted by Gasteiger charge is -2.40. The molecule has 0 spiro atoms. The summed E-state index contributed by atoms with van der Waals surface area (Å²) in [7, 11) is 0. The number of rotatable bonds is 12. The van der Waals surface area contributed by atoms with Crippen molar-refractivity contribution in [3.63, 3.8) is 0 Å². The van der Waals surface area contributed by atoms with Crippen LogP contribution in [0.2, 0.25) is 0 Å². The van der Waals surface area contributed by atoms with E-state index in [1.807, 2.05) is 30.3 Å². The van der Waals surface area contributed by atoms with Gasteiger partial charge in [-0.05, 0) is 59.6 Å². The van der Waals surface area contributed by atoms with Gasteiger partial charge in [0.2, 0.25) is 0 Å². The molecule has 3 aromatic rings. The molecule has 0 bridgehead atoms. The largest absolute Gasteiger partial charge is 0.489 e. The molecule has 1 amide bonds. The quantitative estimate of drug-likeness (QED) is 0.207. The van der Waals surface area contributed by atoms with Gasteiger partial charge < -0.3 is 25.6 Å². The third-order valence-electron chi connectivity index (χ3n) is 7.87. The molecule has 0 saturated heterocycles. The van der Waals surface area contributed by atoms with Crippen LogP contribution < -0.4 is 15.4 Å². The van der Waals surface area contributed by atoms with Crippen molar-refractivity contribution in [2.45, 2.75) is 82.6 Å². The lowest BCUT2D eigenvalue weighted by molar-refractivity contribution is 0.100. The minimum atomic E-state index is -1.24. The second kappa shape index (κ2) is 13.8. The molecule has 1 aliphatic rings. The Labute approximate surface area is 236 Å². The second-order valence-electron chi connectivity index (χ2n) is 11.2. The average Bonchev–Trinajstić information content (AvgIpc) is 2.95. The van der Waals surface area contributed by atoms with Gasteiger partial charge in [-0.1, -0.05) is 87.7 Å². The van der Waals surface area contributed by atoms with Crippen molar-refractivity contribution >= 4 is 6.09 Å². The highest BCUT2D eigenvalue weighted by Crippen LogP contribution is 2.38. The fourth-order valence-corrected chi connectivity index (χ4v) is 5.62. The van der Waals surface area contributed by atoms with Crippen LogP contribution in [0.1, 0.15) is 74.1 Å². The molecule has 1 fully saturated rings. The standard InChI is InChI=1S/C33H41FN2O4/c1-23(2)26-12-9-13-27(19-26)33(14-7-4-8-15-33)35-21-31(37)30(36-32(38)39)18-25-16-28(34)20-29(17-25)40-22-24-10-5-3-6-11-24/h3,5-6,9-13,16-17,19-20,23,30-31,35-37H,4,7-8,14-15,18,21-22H2,1-2H3,(H,38,39)/t30-,31+/m0/s1. The van der Waals surface area contributed by atoms with E-state index in [0.717, 1.165) is 31.2 Å². The predicted molar refractivity (Wildman–Crippen MR) is 155 cm³/mol. The molecular weight excluding hydrogens is 507 g/mol. The molecule has 0 unspecified atom stereocenters.